The van der Waals surface area contributed by atoms with Crippen molar-refractivity contribution < 1.29 is 19.1 Å². The van der Waals surface area contributed by atoms with Gasteiger partial charge in [-0.15, -0.1) is 0 Å². The lowest BCUT2D eigenvalue weighted by Gasteiger charge is -2.01. The number of hydrogen-bond donors (Lipinski definition) is 1. The van der Waals surface area contributed by atoms with Crippen LogP contribution in [-0.2, 0) is 9.63 Å². The quantitative estimate of drug-likeness (QED) is 0.830. The normalized spacial score (nSPS) is 19.1. The van der Waals surface area contributed by atoms with Gasteiger partial charge in [-0.2, -0.15) is 0 Å². The fraction of sp³-hybridized carbons (Fsp3) is 0.273. The molecule has 1 aromatic rings. The molecule has 1 N–H and O–H groups in total. The van der Waals surface area contributed by atoms with E-state index in [1.165, 1.54) is 6.07 Å². The second-order valence-corrected chi connectivity index (χ2v) is 3.64. The third-order valence-corrected chi connectivity index (χ3v) is 2.45. The number of carboxylic acids is 1. The number of carbonyl (C=O) groups is 1. The predicted molar refractivity (Wildman–Crippen MR) is 54.8 cm³/mol. The Morgan fingerprint density at radius 1 is 1.62 bits per heavy atom. The number of halogens is 1. The molecule has 1 heterocycles. The van der Waals surface area contributed by atoms with Crippen molar-refractivity contribution in [2.75, 3.05) is 0 Å². The molecule has 1 aliphatic heterocycles. The first-order valence-electron chi connectivity index (χ1n) is 4.80. The second-order valence-electron chi connectivity index (χ2n) is 3.64. The molecule has 1 unspecified atom stereocenters. The number of hydrogen-bond acceptors (Lipinski definition) is 3. The molecule has 0 aromatic heterocycles. The first kappa shape index (κ1) is 10.6. The van der Waals surface area contributed by atoms with Crippen molar-refractivity contribution in [3.63, 3.8) is 0 Å². The lowest BCUT2D eigenvalue weighted by molar-refractivity contribution is -0.148. The Balaban J connectivity index is 2.21. The van der Waals surface area contributed by atoms with Crippen molar-refractivity contribution in [3.05, 3.63) is 35.1 Å². The summed E-state index contributed by atoms with van der Waals surface area (Å²) in [6.45, 7) is 1.66. The van der Waals surface area contributed by atoms with Crippen LogP contribution in [0.2, 0.25) is 0 Å². The minimum atomic E-state index is -1.06. The van der Waals surface area contributed by atoms with Crippen LogP contribution in [0.1, 0.15) is 17.5 Å². The molecule has 16 heavy (non-hydrogen) atoms. The van der Waals surface area contributed by atoms with Crippen molar-refractivity contribution in [2.24, 2.45) is 5.16 Å². The maximum atomic E-state index is 13.3. The predicted octanol–water partition coefficient (Wildman–Crippen LogP) is 1.71. The number of nitrogens with zero attached hydrogens (tertiary/aromatic N) is 1. The van der Waals surface area contributed by atoms with Crippen LogP contribution in [0.5, 0.6) is 0 Å². The van der Waals surface area contributed by atoms with Crippen LogP contribution in [0.4, 0.5) is 4.39 Å². The topological polar surface area (TPSA) is 58.9 Å². The fourth-order valence-electron chi connectivity index (χ4n) is 1.45. The average molecular weight is 223 g/mol. The van der Waals surface area contributed by atoms with Gasteiger partial charge in [-0.05, 0) is 18.6 Å². The molecule has 0 fully saturated rings. The molecule has 4 nitrogen and oxygen atoms in total. The minimum absolute atomic E-state index is 0.165. The zero-order valence-corrected chi connectivity index (χ0v) is 8.61. The number of aryl methyl sites for hydroxylation is 1. The van der Waals surface area contributed by atoms with E-state index in [0.29, 0.717) is 16.8 Å². The highest BCUT2D eigenvalue weighted by atomic mass is 19.1. The Morgan fingerprint density at radius 2 is 2.38 bits per heavy atom. The Morgan fingerprint density at radius 3 is 2.94 bits per heavy atom. The van der Waals surface area contributed by atoms with Gasteiger partial charge in [0.25, 0.3) is 0 Å². The standard InChI is InChI=1S/C11H10FNO3/c1-6-2-3-7(4-8(6)12)9-5-10(11(14)15)16-13-9/h2-4,10H,5H2,1H3,(H,14,15). The molecule has 0 aliphatic carbocycles. The van der Waals surface area contributed by atoms with Crippen LogP contribution in [0, 0.1) is 12.7 Å². The molecule has 84 valence electrons. The SMILES string of the molecule is Cc1ccc(C2=NOC(C(=O)O)C2)cc1F. The van der Waals surface area contributed by atoms with Crippen molar-refractivity contribution in [2.45, 2.75) is 19.4 Å². The van der Waals surface area contributed by atoms with E-state index in [9.17, 15) is 9.18 Å². The van der Waals surface area contributed by atoms with Crippen LogP contribution in [0.3, 0.4) is 0 Å². The summed E-state index contributed by atoms with van der Waals surface area (Å²) < 4.78 is 13.3. The van der Waals surface area contributed by atoms with E-state index in [1.54, 1.807) is 19.1 Å². The lowest BCUT2D eigenvalue weighted by atomic mass is 10.0. The van der Waals surface area contributed by atoms with Gasteiger partial charge < -0.3 is 9.94 Å². The van der Waals surface area contributed by atoms with E-state index in [4.69, 9.17) is 9.94 Å². The molecule has 2 rings (SSSR count). The number of oxime groups is 1. The van der Waals surface area contributed by atoms with E-state index in [1.807, 2.05) is 0 Å². The summed E-state index contributed by atoms with van der Waals surface area (Å²) in [6.07, 6.45) is -0.794. The number of aliphatic carboxylic acids is 1. The monoisotopic (exact) mass is 223 g/mol. The summed E-state index contributed by atoms with van der Waals surface area (Å²) in [5, 5.41) is 12.4. The van der Waals surface area contributed by atoms with Crippen LogP contribution in [0.15, 0.2) is 23.4 Å². The molecule has 1 aliphatic rings. The molecular formula is C11H10FNO3. The summed E-state index contributed by atoms with van der Waals surface area (Å²) in [6, 6.07) is 4.66. The number of benzene rings is 1. The summed E-state index contributed by atoms with van der Waals surface area (Å²) in [5.41, 5.74) is 1.57. The molecule has 0 spiro atoms. The van der Waals surface area contributed by atoms with Crippen molar-refractivity contribution in [1.29, 1.82) is 0 Å². The van der Waals surface area contributed by atoms with Crippen LogP contribution < -0.4 is 0 Å². The summed E-state index contributed by atoms with van der Waals surface area (Å²) in [7, 11) is 0. The third kappa shape index (κ3) is 1.88. The fourth-order valence-corrected chi connectivity index (χ4v) is 1.45. The molecule has 0 saturated heterocycles. The smallest absolute Gasteiger partial charge is 0.348 e. The van der Waals surface area contributed by atoms with Crippen LogP contribution in [-0.4, -0.2) is 22.9 Å². The Labute approximate surface area is 91.3 Å². The number of rotatable bonds is 2. The summed E-state index contributed by atoms with van der Waals surface area (Å²) >= 11 is 0. The van der Waals surface area contributed by atoms with Crippen molar-refractivity contribution >= 4 is 11.7 Å². The van der Waals surface area contributed by atoms with Gasteiger partial charge in [-0.3, -0.25) is 0 Å². The van der Waals surface area contributed by atoms with Crippen LogP contribution >= 0.6 is 0 Å². The van der Waals surface area contributed by atoms with Crippen molar-refractivity contribution in [3.8, 4) is 0 Å². The van der Waals surface area contributed by atoms with Crippen LogP contribution in [0.25, 0.3) is 0 Å². The van der Waals surface area contributed by atoms with Gasteiger partial charge in [0.15, 0.2) is 0 Å². The highest BCUT2D eigenvalue weighted by Gasteiger charge is 2.28. The molecule has 1 atom stereocenters. The number of carboxylic acid groups (broad SMARTS) is 1. The maximum absolute atomic E-state index is 13.3. The van der Waals surface area contributed by atoms with E-state index >= 15 is 0 Å². The molecule has 1 aromatic carbocycles. The van der Waals surface area contributed by atoms with Gasteiger partial charge >= 0.3 is 5.97 Å². The Hall–Kier alpha value is -1.91. The van der Waals surface area contributed by atoms with E-state index in [-0.39, 0.29) is 12.2 Å². The van der Waals surface area contributed by atoms with Gasteiger partial charge in [0, 0.05) is 12.0 Å². The molecule has 0 saturated carbocycles. The zero-order valence-electron chi connectivity index (χ0n) is 8.61. The van der Waals surface area contributed by atoms with Crippen molar-refractivity contribution in [1.82, 2.24) is 0 Å². The molecular weight excluding hydrogens is 213 g/mol. The third-order valence-electron chi connectivity index (χ3n) is 2.45. The minimum Gasteiger partial charge on any atom is -0.478 e. The van der Waals surface area contributed by atoms with Gasteiger partial charge in [-0.25, -0.2) is 9.18 Å². The van der Waals surface area contributed by atoms with Gasteiger partial charge in [-0.1, -0.05) is 17.3 Å². The molecule has 5 heteroatoms. The van der Waals surface area contributed by atoms with E-state index < -0.39 is 12.1 Å². The first-order chi connectivity index (χ1) is 7.58. The summed E-state index contributed by atoms with van der Waals surface area (Å²) in [4.78, 5) is 15.3. The zero-order chi connectivity index (χ0) is 11.7. The maximum Gasteiger partial charge on any atom is 0.348 e. The highest BCUT2D eigenvalue weighted by Crippen LogP contribution is 2.18. The van der Waals surface area contributed by atoms with Gasteiger partial charge in [0.05, 0.1) is 5.71 Å². The van der Waals surface area contributed by atoms with E-state index in [0.717, 1.165) is 0 Å². The summed E-state index contributed by atoms with van der Waals surface area (Å²) in [5.74, 6) is -1.40. The lowest BCUT2D eigenvalue weighted by Crippen LogP contribution is -2.19. The largest absolute Gasteiger partial charge is 0.478 e. The Kier molecular flexibility index (Phi) is 2.60. The second kappa shape index (κ2) is 3.92. The van der Waals surface area contributed by atoms with Gasteiger partial charge in [0.1, 0.15) is 5.82 Å². The molecule has 0 bridgehead atoms. The Bertz CT molecular complexity index is 470. The first-order valence-corrected chi connectivity index (χ1v) is 4.80. The molecule has 0 radical (unpaired) electrons. The highest BCUT2D eigenvalue weighted by molar-refractivity contribution is 6.03. The van der Waals surface area contributed by atoms with E-state index in [2.05, 4.69) is 5.16 Å². The average Bonchev–Trinajstić information content (AvgIpc) is 2.71. The van der Waals surface area contributed by atoms with Gasteiger partial charge in [0.2, 0.25) is 6.10 Å². The molecule has 0 amide bonds.